The maximum atomic E-state index is 13.4. The Kier molecular flexibility index (Phi) is 4.52. The molecule has 0 aliphatic carbocycles. The van der Waals surface area contributed by atoms with Gasteiger partial charge >= 0.3 is 0 Å². The Morgan fingerprint density at radius 3 is 2.30 bits per heavy atom. The minimum Gasteiger partial charge on any atom is -0.207 e. The van der Waals surface area contributed by atoms with E-state index in [4.69, 9.17) is 0 Å². The van der Waals surface area contributed by atoms with E-state index in [1.54, 1.807) is 12.1 Å². The first kappa shape index (κ1) is 15.1. The molecule has 0 aliphatic heterocycles. The minimum atomic E-state index is -3.73. The van der Waals surface area contributed by atoms with Gasteiger partial charge in [-0.25, -0.2) is 21.9 Å². The SMILES string of the molecule is O=S(=O)(NCc1ccc(F)cc1F)c1ccc(Br)cc1. The van der Waals surface area contributed by atoms with Crippen molar-refractivity contribution in [2.45, 2.75) is 11.4 Å². The Morgan fingerprint density at radius 2 is 1.70 bits per heavy atom. The normalized spacial score (nSPS) is 11.6. The number of hydrogen-bond donors (Lipinski definition) is 1. The Balaban J connectivity index is 2.15. The molecule has 106 valence electrons. The summed E-state index contributed by atoms with van der Waals surface area (Å²) in [6.45, 7) is -0.246. The third-order valence-electron chi connectivity index (χ3n) is 2.59. The quantitative estimate of drug-likeness (QED) is 0.908. The summed E-state index contributed by atoms with van der Waals surface area (Å²) >= 11 is 3.20. The topological polar surface area (TPSA) is 46.2 Å². The van der Waals surface area contributed by atoms with Crippen LogP contribution in [0.1, 0.15) is 5.56 Å². The van der Waals surface area contributed by atoms with E-state index >= 15 is 0 Å². The Hall–Kier alpha value is -1.31. The maximum Gasteiger partial charge on any atom is 0.240 e. The van der Waals surface area contributed by atoms with Crippen LogP contribution in [-0.2, 0) is 16.6 Å². The predicted octanol–water partition coefficient (Wildman–Crippen LogP) is 3.21. The Morgan fingerprint density at radius 1 is 1.05 bits per heavy atom. The van der Waals surface area contributed by atoms with E-state index in [9.17, 15) is 17.2 Å². The van der Waals surface area contributed by atoms with E-state index in [1.165, 1.54) is 18.2 Å². The summed E-state index contributed by atoms with van der Waals surface area (Å²) in [6.07, 6.45) is 0. The highest BCUT2D eigenvalue weighted by atomic mass is 79.9. The smallest absolute Gasteiger partial charge is 0.207 e. The van der Waals surface area contributed by atoms with Gasteiger partial charge in [-0.05, 0) is 30.3 Å². The van der Waals surface area contributed by atoms with Crippen LogP contribution in [0.15, 0.2) is 51.8 Å². The third-order valence-corrected chi connectivity index (χ3v) is 4.54. The third kappa shape index (κ3) is 3.62. The van der Waals surface area contributed by atoms with Crippen LogP contribution >= 0.6 is 15.9 Å². The number of halogens is 3. The monoisotopic (exact) mass is 361 g/mol. The molecule has 0 unspecified atom stereocenters. The van der Waals surface area contributed by atoms with Crippen molar-refractivity contribution in [3.63, 3.8) is 0 Å². The molecule has 0 spiro atoms. The largest absolute Gasteiger partial charge is 0.240 e. The first-order chi connectivity index (χ1) is 9.38. The molecule has 0 heterocycles. The van der Waals surface area contributed by atoms with E-state index in [2.05, 4.69) is 20.7 Å². The van der Waals surface area contributed by atoms with Gasteiger partial charge in [0.25, 0.3) is 0 Å². The van der Waals surface area contributed by atoms with Crippen LogP contribution in [0.25, 0.3) is 0 Å². The summed E-state index contributed by atoms with van der Waals surface area (Å²) in [6, 6.07) is 9.02. The number of benzene rings is 2. The van der Waals surface area contributed by atoms with Gasteiger partial charge in [0.1, 0.15) is 11.6 Å². The lowest BCUT2D eigenvalue weighted by atomic mass is 10.2. The van der Waals surface area contributed by atoms with Gasteiger partial charge in [-0.2, -0.15) is 0 Å². The highest BCUT2D eigenvalue weighted by Crippen LogP contribution is 2.15. The average Bonchev–Trinajstić information content (AvgIpc) is 2.38. The van der Waals surface area contributed by atoms with Crippen molar-refractivity contribution in [3.8, 4) is 0 Å². The van der Waals surface area contributed by atoms with Crippen LogP contribution in [0.4, 0.5) is 8.78 Å². The second-order valence-electron chi connectivity index (χ2n) is 4.01. The summed E-state index contributed by atoms with van der Waals surface area (Å²) in [5.74, 6) is -1.49. The molecule has 0 saturated carbocycles. The number of sulfonamides is 1. The fourth-order valence-electron chi connectivity index (χ4n) is 1.53. The van der Waals surface area contributed by atoms with Crippen LogP contribution in [0, 0.1) is 11.6 Å². The van der Waals surface area contributed by atoms with Gasteiger partial charge in [-0.3, -0.25) is 0 Å². The highest BCUT2D eigenvalue weighted by molar-refractivity contribution is 9.10. The summed E-state index contributed by atoms with van der Waals surface area (Å²) in [4.78, 5) is 0.0724. The first-order valence-electron chi connectivity index (χ1n) is 5.58. The average molecular weight is 362 g/mol. The van der Waals surface area contributed by atoms with Crippen molar-refractivity contribution < 1.29 is 17.2 Å². The fourth-order valence-corrected chi connectivity index (χ4v) is 2.81. The van der Waals surface area contributed by atoms with Crippen LogP contribution in [0.5, 0.6) is 0 Å². The molecular formula is C13H10BrF2NO2S. The molecule has 7 heteroatoms. The van der Waals surface area contributed by atoms with Gasteiger partial charge in [0.05, 0.1) is 4.90 Å². The molecule has 0 radical (unpaired) electrons. The zero-order valence-corrected chi connectivity index (χ0v) is 12.5. The number of hydrogen-bond acceptors (Lipinski definition) is 2. The molecule has 0 aromatic heterocycles. The molecule has 2 rings (SSSR count). The first-order valence-corrected chi connectivity index (χ1v) is 7.85. The van der Waals surface area contributed by atoms with E-state index in [1.807, 2.05) is 0 Å². The van der Waals surface area contributed by atoms with Gasteiger partial charge in [0, 0.05) is 22.6 Å². The number of rotatable bonds is 4. The van der Waals surface area contributed by atoms with Gasteiger partial charge in [-0.1, -0.05) is 22.0 Å². The van der Waals surface area contributed by atoms with Crippen molar-refractivity contribution in [3.05, 3.63) is 64.1 Å². The molecule has 0 saturated heterocycles. The van der Waals surface area contributed by atoms with Crippen molar-refractivity contribution in [2.75, 3.05) is 0 Å². The highest BCUT2D eigenvalue weighted by Gasteiger charge is 2.14. The molecule has 20 heavy (non-hydrogen) atoms. The Bertz CT molecular complexity index is 718. The van der Waals surface area contributed by atoms with Crippen molar-refractivity contribution in [1.29, 1.82) is 0 Å². The molecule has 2 aromatic rings. The van der Waals surface area contributed by atoms with E-state index in [-0.39, 0.29) is 17.0 Å². The molecule has 0 fully saturated rings. The predicted molar refractivity (Wildman–Crippen MR) is 74.5 cm³/mol. The summed E-state index contributed by atoms with van der Waals surface area (Å²) < 4.78 is 53.1. The van der Waals surface area contributed by atoms with Gasteiger partial charge in [-0.15, -0.1) is 0 Å². The molecule has 0 atom stereocenters. The van der Waals surface area contributed by atoms with Crippen LogP contribution < -0.4 is 4.72 Å². The summed E-state index contributed by atoms with van der Waals surface area (Å²) in [7, 11) is -3.73. The molecule has 3 nitrogen and oxygen atoms in total. The lowest BCUT2D eigenvalue weighted by Crippen LogP contribution is -2.23. The van der Waals surface area contributed by atoms with Gasteiger partial charge in [0.15, 0.2) is 0 Å². The van der Waals surface area contributed by atoms with Crippen LogP contribution in [0.3, 0.4) is 0 Å². The maximum absolute atomic E-state index is 13.4. The second-order valence-corrected chi connectivity index (χ2v) is 6.70. The van der Waals surface area contributed by atoms with E-state index in [0.29, 0.717) is 6.07 Å². The van der Waals surface area contributed by atoms with Crippen LogP contribution in [0.2, 0.25) is 0 Å². The number of nitrogens with one attached hydrogen (secondary N) is 1. The Labute approximate surface area is 123 Å². The second kappa shape index (κ2) is 5.99. The molecule has 2 aromatic carbocycles. The van der Waals surface area contributed by atoms with Crippen LogP contribution in [-0.4, -0.2) is 8.42 Å². The minimum absolute atomic E-state index is 0.0724. The molecule has 0 bridgehead atoms. The van der Waals surface area contributed by atoms with E-state index in [0.717, 1.165) is 10.5 Å². The van der Waals surface area contributed by atoms with Gasteiger partial charge < -0.3 is 0 Å². The lowest BCUT2D eigenvalue weighted by Gasteiger charge is -2.08. The van der Waals surface area contributed by atoms with Crippen molar-refractivity contribution >= 4 is 26.0 Å². The van der Waals surface area contributed by atoms with Gasteiger partial charge in [0.2, 0.25) is 10.0 Å². The lowest BCUT2D eigenvalue weighted by molar-refractivity contribution is 0.562. The van der Waals surface area contributed by atoms with Crippen molar-refractivity contribution in [1.82, 2.24) is 4.72 Å². The molecule has 0 amide bonds. The summed E-state index contributed by atoms with van der Waals surface area (Å²) in [5.41, 5.74) is 0.0760. The molecular weight excluding hydrogens is 352 g/mol. The molecule has 1 N–H and O–H groups in total. The fraction of sp³-hybridized carbons (Fsp3) is 0.0769. The zero-order chi connectivity index (χ0) is 14.8. The zero-order valence-electron chi connectivity index (χ0n) is 10.1. The molecule has 0 aliphatic rings. The summed E-state index contributed by atoms with van der Waals surface area (Å²) in [5, 5.41) is 0. The standard InChI is InChI=1S/C13H10BrF2NO2S/c14-10-2-5-12(6-3-10)20(18,19)17-8-9-1-4-11(15)7-13(9)16/h1-7,17H,8H2. The van der Waals surface area contributed by atoms with E-state index < -0.39 is 21.7 Å². The van der Waals surface area contributed by atoms with Crippen molar-refractivity contribution in [2.24, 2.45) is 0 Å².